The number of ether oxygens (including phenoxy) is 3. The first-order chi connectivity index (χ1) is 9.60. The van der Waals surface area contributed by atoms with Crippen molar-refractivity contribution in [1.82, 2.24) is 4.90 Å². The number of aliphatic hydroxyl groups is 1. The van der Waals surface area contributed by atoms with Gasteiger partial charge in [0.15, 0.2) is 0 Å². The van der Waals surface area contributed by atoms with Crippen LogP contribution < -0.4 is 14.2 Å². The number of likely N-dealkylation sites (N-methyl/N-ethyl adjacent to an activating group) is 1. The maximum absolute atomic E-state index is 10.3. The van der Waals surface area contributed by atoms with Gasteiger partial charge in [-0.2, -0.15) is 0 Å². The fourth-order valence-corrected chi connectivity index (χ4v) is 2.42. The van der Waals surface area contributed by atoms with Gasteiger partial charge in [-0.25, -0.2) is 0 Å². The standard InChI is InChI=1S/C15H21NO4/c1-16-6-5-11(12(17)9-16)15-13(19-3)7-10(18-2)8-14(15)20-4/h5,7-8,12,17H,6,9H2,1-4H3. The Kier molecular flexibility index (Phi) is 4.52. The lowest BCUT2D eigenvalue weighted by Gasteiger charge is -2.28. The molecule has 0 bridgehead atoms. The molecule has 0 saturated carbocycles. The van der Waals surface area contributed by atoms with Crippen LogP contribution in [0.1, 0.15) is 5.56 Å². The summed E-state index contributed by atoms with van der Waals surface area (Å²) in [5.74, 6) is 1.93. The zero-order valence-corrected chi connectivity index (χ0v) is 12.3. The van der Waals surface area contributed by atoms with Gasteiger partial charge in [0, 0.05) is 25.2 Å². The molecule has 0 saturated heterocycles. The minimum absolute atomic E-state index is 0.565. The number of methoxy groups -OCH3 is 3. The zero-order valence-electron chi connectivity index (χ0n) is 12.3. The first-order valence-electron chi connectivity index (χ1n) is 6.47. The molecular formula is C15H21NO4. The van der Waals surface area contributed by atoms with Gasteiger partial charge < -0.3 is 19.3 Å². The molecule has 110 valence electrons. The minimum atomic E-state index is -0.565. The lowest BCUT2D eigenvalue weighted by atomic mass is 9.95. The molecule has 2 rings (SSSR count). The highest BCUT2D eigenvalue weighted by atomic mass is 16.5. The summed E-state index contributed by atoms with van der Waals surface area (Å²) in [4.78, 5) is 2.05. The van der Waals surface area contributed by atoms with Gasteiger partial charge in [0.25, 0.3) is 0 Å². The Hall–Kier alpha value is -1.72. The van der Waals surface area contributed by atoms with E-state index in [9.17, 15) is 5.11 Å². The van der Waals surface area contributed by atoms with E-state index in [1.165, 1.54) is 0 Å². The van der Waals surface area contributed by atoms with E-state index >= 15 is 0 Å². The lowest BCUT2D eigenvalue weighted by Crippen LogP contribution is -2.34. The van der Waals surface area contributed by atoms with E-state index in [2.05, 4.69) is 4.90 Å². The topological polar surface area (TPSA) is 51.2 Å². The van der Waals surface area contributed by atoms with Crippen molar-refractivity contribution in [2.24, 2.45) is 0 Å². The predicted molar refractivity (Wildman–Crippen MR) is 77.6 cm³/mol. The first-order valence-corrected chi connectivity index (χ1v) is 6.47. The Balaban J connectivity index is 2.54. The molecule has 1 N–H and O–H groups in total. The summed E-state index contributed by atoms with van der Waals surface area (Å²) in [7, 11) is 6.76. The van der Waals surface area contributed by atoms with Crippen molar-refractivity contribution in [1.29, 1.82) is 0 Å². The average Bonchev–Trinajstić information content (AvgIpc) is 2.46. The summed E-state index contributed by atoms with van der Waals surface area (Å²) >= 11 is 0. The molecule has 1 aromatic rings. The average molecular weight is 279 g/mol. The maximum Gasteiger partial charge on any atom is 0.133 e. The van der Waals surface area contributed by atoms with Crippen molar-refractivity contribution in [2.45, 2.75) is 6.10 Å². The van der Waals surface area contributed by atoms with Crippen LogP contribution in [0, 0.1) is 0 Å². The van der Waals surface area contributed by atoms with Gasteiger partial charge in [-0.15, -0.1) is 0 Å². The molecular weight excluding hydrogens is 258 g/mol. The molecule has 0 aromatic heterocycles. The molecule has 0 aliphatic carbocycles. The lowest BCUT2D eigenvalue weighted by molar-refractivity contribution is 0.169. The highest BCUT2D eigenvalue weighted by Crippen LogP contribution is 2.40. The van der Waals surface area contributed by atoms with Gasteiger partial charge in [0.2, 0.25) is 0 Å². The minimum Gasteiger partial charge on any atom is -0.496 e. The molecule has 0 spiro atoms. The monoisotopic (exact) mass is 279 g/mol. The van der Waals surface area contributed by atoms with E-state index in [4.69, 9.17) is 14.2 Å². The summed E-state index contributed by atoms with van der Waals surface area (Å²) in [6.45, 7) is 1.37. The number of nitrogens with zero attached hydrogens (tertiary/aromatic N) is 1. The largest absolute Gasteiger partial charge is 0.496 e. The van der Waals surface area contributed by atoms with Crippen LogP contribution in [0.15, 0.2) is 18.2 Å². The second kappa shape index (κ2) is 6.15. The van der Waals surface area contributed by atoms with Crippen LogP contribution >= 0.6 is 0 Å². The molecule has 5 nitrogen and oxygen atoms in total. The highest BCUT2D eigenvalue weighted by Gasteiger charge is 2.25. The van der Waals surface area contributed by atoms with Crippen LogP contribution in [0.2, 0.25) is 0 Å². The van der Waals surface area contributed by atoms with Gasteiger partial charge in [0.05, 0.1) is 33.0 Å². The van der Waals surface area contributed by atoms with Crippen LogP contribution in [-0.4, -0.2) is 57.6 Å². The number of rotatable bonds is 4. The molecule has 1 aliphatic heterocycles. The van der Waals surface area contributed by atoms with E-state index in [0.29, 0.717) is 23.8 Å². The number of aliphatic hydroxyl groups excluding tert-OH is 1. The third kappa shape index (κ3) is 2.73. The highest BCUT2D eigenvalue weighted by molar-refractivity contribution is 5.79. The molecule has 1 aromatic carbocycles. The Morgan fingerprint density at radius 2 is 1.70 bits per heavy atom. The second-order valence-electron chi connectivity index (χ2n) is 4.80. The van der Waals surface area contributed by atoms with Crippen molar-refractivity contribution in [3.63, 3.8) is 0 Å². The van der Waals surface area contributed by atoms with E-state index in [1.54, 1.807) is 33.5 Å². The summed E-state index contributed by atoms with van der Waals surface area (Å²) < 4.78 is 16.1. The maximum atomic E-state index is 10.3. The number of benzene rings is 1. The van der Waals surface area contributed by atoms with Crippen LogP contribution in [0.5, 0.6) is 17.2 Å². The fraction of sp³-hybridized carbons (Fsp3) is 0.467. The van der Waals surface area contributed by atoms with Crippen LogP contribution in [0.4, 0.5) is 0 Å². The van der Waals surface area contributed by atoms with Crippen LogP contribution in [-0.2, 0) is 0 Å². The molecule has 1 unspecified atom stereocenters. The third-order valence-electron chi connectivity index (χ3n) is 3.47. The molecule has 0 radical (unpaired) electrons. The van der Waals surface area contributed by atoms with Gasteiger partial charge >= 0.3 is 0 Å². The Labute approximate surface area is 119 Å². The second-order valence-corrected chi connectivity index (χ2v) is 4.80. The van der Waals surface area contributed by atoms with Crippen molar-refractivity contribution in [2.75, 3.05) is 41.5 Å². The predicted octanol–water partition coefficient (Wildman–Crippen LogP) is 1.40. The van der Waals surface area contributed by atoms with Crippen molar-refractivity contribution < 1.29 is 19.3 Å². The first kappa shape index (κ1) is 14.7. The number of hydrogen-bond donors (Lipinski definition) is 1. The molecule has 1 heterocycles. The summed E-state index contributed by atoms with van der Waals surface area (Å²) in [5, 5.41) is 10.3. The third-order valence-corrected chi connectivity index (χ3v) is 3.47. The molecule has 5 heteroatoms. The molecule has 20 heavy (non-hydrogen) atoms. The Bertz CT molecular complexity index is 488. The quantitative estimate of drug-likeness (QED) is 0.903. The molecule has 1 aliphatic rings. The SMILES string of the molecule is COc1cc(OC)c(C2=CCN(C)CC2O)c(OC)c1. The number of β-amino-alcohol motifs (C(OH)–C–C–N with tert-alkyl or cyclic N) is 1. The number of hydrogen-bond acceptors (Lipinski definition) is 5. The fourth-order valence-electron chi connectivity index (χ4n) is 2.42. The van der Waals surface area contributed by atoms with E-state index in [0.717, 1.165) is 17.7 Å². The molecule has 0 fully saturated rings. The van der Waals surface area contributed by atoms with Crippen molar-refractivity contribution in [3.05, 3.63) is 23.8 Å². The zero-order chi connectivity index (χ0) is 14.7. The van der Waals surface area contributed by atoms with Crippen molar-refractivity contribution >= 4 is 5.57 Å². The van der Waals surface area contributed by atoms with E-state index in [1.807, 2.05) is 13.1 Å². The Morgan fingerprint density at radius 1 is 1.10 bits per heavy atom. The summed E-state index contributed by atoms with van der Waals surface area (Å²) in [5.41, 5.74) is 1.62. The van der Waals surface area contributed by atoms with Crippen molar-refractivity contribution in [3.8, 4) is 17.2 Å². The van der Waals surface area contributed by atoms with Gasteiger partial charge in [0.1, 0.15) is 17.2 Å². The van der Waals surface area contributed by atoms with Gasteiger partial charge in [-0.1, -0.05) is 6.08 Å². The van der Waals surface area contributed by atoms with E-state index in [-0.39, 0.29) is 0 Å². The van der Waals surface area contributed by atoms with Crippen LogP contribution in [0.3, 0.4) is 0 Å². The van der Waals surface area contributed by atoms with E-state index < -0.39 is 6.10 Å². The van der Waals surface area contributed by atoms with Gasteiger partial charge in [-0.3, -0.25) is 4.90 Å². The summed E-state index contributed by atoms with van der Waals surface area (Å²) in [6.07, 6.45) is 1.44. The smallest absolute Gasteiger partial charge is 0.133 e. The summed E-state index contributed by atoms with van der Waals surface area (Å²) in [6, 6.07) is 3.59. The van der Waals surface area contributed by atoms with Gasteiger partial charge in [-0.05, 0) is 12.6 Å². The van der Waals surface area contributed by atoms with Crippen LogP contribution in [0.25, 0.3) is 5.57 Å². The molecule has 1 atom stereocenters. The Morgan fingerprint density at radius 3 is 2.15 bits per heavy atom. The normalized spacial score (nSPS) is 19.4. The molecule has 0 amide bonds.